The van der Waals surface area contributed by atoms with E-state index in [2.05, 4.69) is 56.7 Å². The van der Waals surface area contributed by atoms with Crippen LogP contribution in [-0.2, 0) is 11.8 Å². The molecular weight excluding hydrogens is 412 g/mol. The summed E-state index contributed by atoms with van der Waals surface area (Å²) in [6.45, 7) is 7.82. The zero-order valence-corrected chi connectivity index (χ0v) is 19.7. The quantitative estimate of drug-likeness (QED) is 0.641. The van der Waals surface area contributed by atoms with Crippen LogP contribution in [0.5, 0.6) is 0 Å². The highest BCUT2D eigenvalue weighted by Crippen LogP contribution is 2.39. The van der Waals surface area contributed by atoms with E-state index < -0.39 is 0 Å². The number of ether oxygens (including phenoxy) is 1. The molecule has 0 bridgehead atoms. The van der Waals surface area contributed by atoms with E-state index in [4.69, 9.17) is 4.74 Å². The molecule has 2 saturated heterocycles. The summed E-state index contributed by atoms with van der Waals surface area (Å²) in [5.74, 6) is 3.37. The van der Waals surface area contributed by atoms with Crippen LogP contribution in [0, 0.1) is 24.7 Å². The molecule has 0 radical (unpaired) electrons. The van der Waals surface area contributed by atoms with Crippen molar-refractivity contribution in [2.45, 2.75) is 38.6 Å². The second-order valence-electron chi connectivity index (χ2n) is 10.4. The van der Waals surface area contributed by atoms with E-state index in [9.17, 15) is 0 Å². The van der Waals surface area contributed by atoms with Crippen molar-refractivity contribution in [3.8, 4) is 11.3 Å². The standard InChI is InChI=1S/C26H34N6O/c1-17-9-25-21(14-31(2)30-25)12-23(17)24-3-4-26(29-28-24)27-22-10-19-15-32(16-20(19)11-22)13-18-5-7-33-8-6-18/h3-4,9,12,14,18-20,22H,5-8,10-11,13,15-16H2,1-2H3,(H,27,29)/t19-,20?,22+/m1/s1. The van der Waals surface area contributed by atoms with Crippen LogP contribution in [0.1, 0.15) is 31.2 Å². The van der Waals surface area contributed by atoms with Crippen molar-refractivity contribution in [2.24, 2.45) is 24.8 Å². The average molecular weight is 447 g/mol. The van der Waals surface area contributed by atoms with E-state index >= 15 is 0 Å². The lowest BCUT2D eigenvalue weighted by molar-refractivity contribution is 0.0545. The van der Waals surface area contributed by atoms with Gasteiger partial charge < -0.3 is 15.0 Å². The van der Waals surface area contributed by atoms with Crippen LogP contribution < -0.4 is 5.32 Å². The molecule has 0 spiro atoms. The Morgan fingerprint density at radius 1 is 1.06 bits per heavy atom. The maximum Gasteiger partial charge on any atom is 0.148 e. The Morgan fingerprint density at radius 3 is 2.58 bits per heavy atom. The van der Waals surface area contributed by atoms with Crippen molar-refractivity contribution < 1.29 is 4.74 Å². The van der Waals surface area contributed by atoms with Crippen LogP contribution in [0.15, 0.2) is 30.5 Å². The van der Waals surface area contributed by atoms with Crippen molar-refractivity contribution in [1.29, 1.82) is 0 Å². The number of hydrogen-bond acceptors (Lipinski definition) is 6. The van der Waals surface area contributed by atoms with E-state index in [-0.39, 0.29) is 0 Å². The molecule has 3 aromatic rings. The number of anilines is 1. The van der Waals surface area contributed by atoms with E-state index in [0.717, 1.165) is 58.9 Å². The normalized spacial score (nSPS) is 26.2. The highest BCUT2D eigenvalue weighted by molar-refractivity contribution is 5.85. The molecular formula is C26H34N6O. The van der Waals surface area contributed by atoms with E-state index in [0.29, 0.717) is 6.04 Å². The van der Waals surface area contributed by atoms with Crippen LogP contribution >= 0.6 is 0 Å². The Morgan fingerprint density at radius 2 is 1.85 bits per heavy atom. The first kappa shape index (κ1) is 21.1. The van der Waals surface area contributed by atoms with Gasteiger partial charge in [-0.2, -0.15) is 5.10 Å². The van der Waals surface area contributed by atoms with E-state index in [1.807, 2.05) is 17.9 Å². The molecule has 3 atom stereocenters. The predicted molar refractivity (Wildman–Crippen MR) is 130 cm³/mol. The van der Waals surface area contributed by atoms with Gasteiger partial charge in [-0.05, 0) is 80.2 Å². The largest absolute Gasteiger partial charge is 0.381 e. The monoisotopic (exact) mass is 446 g/mol. The molecule has 1 aliphatic carbocycles. The summed E-state index contributed by atoms with van der Waals surface area (Å²) in [4.78, 5) is 2.72. The summed E-state index contributed by atoms with van der Waals surface area (Å²) < 4.78 is 7.38. The lowest BCUT2D eigenvalue weighted by Gasteiger charge is -2.27. The molecule has 3 aliphatic rings. The lowest BCUT2D eigenvalue weighted by Crippen LogP contribution is -2.32. The molecule has 33 heavy (non-hydrogen) atoms. The summed E-state index contributed by atoms with van der Waals surface area (Å²) in [5, 5.41) is 18.4. The second-order valence-corrected chi connectivity index (χ2v) is 10.4. The molecule has 1 N–H and O–H groups in total. The zero-order valence-electron chi connectivity index (χ0n) is 19.7. The van der Waals surface area contributed by atoms with Gasteiger partial charge in [-0.25, -0.2) is 0 Å². The molecule has 2 aliphatic heterocycles. The third-order valence-corrected chi connectivity index (χ3v) is 7.94. The molecule has 1 saturated carbocycles. The van der Waals surface area contributed by atoms with Crippen molar-refractivity contribution in [3.05, 3.63) is 36.0 Å². The van der Waals surface area contributed by atoms with Gasteiger partial charge in [-0.3, -0.25) is 4.68 Å². The van der Waals surface area contributed by atoms with E-state index in [1.54, 1.807) is 0 Å². The molecule has 3 fully saturated rings. The molecule has 4 heterocycles. The van der Waals surface area contributed by atoms with Gasteiger partial charge in [0.15, 0.2) is 0 Å². The molecule has 7 nitrogen and oxygen atoms in total. The Kier molecular flexibility index (Phi) is 5.54. The number of nitrogens with zero attached hydrogens (tertiary/aromatic N) is 5. The fraction of sp³-hybridized carbons (Fsp3) is 0.577. The second kappa shape index (κ2) is 8.69. The number of fused-ring (bicyclic) bond motifs is 2. The van der Waals surface area contributed by atoms with Crippen molar-refractivity contribution >= 4 is 16.7 Å². The Balaban J connectivity index is 1.06. The topological polar surface area (TPSA) is 68.1 Å². The first-order valence-electron chi connectivity index (χ1n) is 12.5. The first-order chi connectivity index (χ1) is 16.1. The smallest absolute Gasteiger partial charge is 0.148 e. The van der Waals surface area contributed by atoms with Gasteiger partial charge in [0.25, 0.3) is 0 Å². The van der Waals surface area contributed by atoms with Gasteiger partial charge in [0.05, 0.1) is 11.2 Å². The minimum atomic E-state index is 0.513. The number of nitrogens with one attached hydrogen (secondary N) is 1. The highest BCUT2D eigenvalue weighted by atomic mass is 16.5. The number of aryl methyl sites for hydroxylation is 2. The Bertz CT molecular complexity index is 1110. The van der Waals surface area contributed by atoms with Gasteiger partial charge in [-0.1, -0.05) is 0 Å². The zero-order chi connectivity index (χ0) is 22.4. The molecule has 7 heteroatoms. The molecule has 6 rings (SSSR count). The molecule has 174 valence electrons. The van der Waals surface area contributed by atoms with Crippen molar-refractivity contribution in [2.75, 3.05) is 38.2 Å². The maximum atomic E-state index is 5.52. The minimum Gasteiger partial charge on any atom is -0.381 e. The van der Waals surface area contributed by atoms with Crippen LogP contribution in [0.2, 0.25) is 0 Å². The van der Waals surface area contributed by atoms with Crippen molar-refractivity contribution in [1.82, 2.24) is 24.9 Å². The summed E-state index contributed by atoms with van der Waals surface area (Å²) in [5.41, 5.74) is 4.22. The summed E-state index contributed by atoms with van der Waals surface area (Å²) in [6.07, 6.45) is 7.01. The van der Waals surface area contributed by atoms with Crippen LogP contribution in [0.25, 0.3) is 22.2 Å². The Labute approximate surface area is 195 Å². The highest BCUT2D eigenvalue weighted by Gasteiger charge is 2.41. The number of hydrogen-bond donors (Lipinski definition) is 1. The summed E-state index contributed by atoms with van der Waals surface area (Å²) >= 11 is 0. The molecule has 1 unspecified atom stereocenters. The molecule has 1 aromatic carbocycles. The van der Waals surface area contributed by atoms with Gasteiger partial charge in [0.1, 0.15) is 5.82 Å². The maximum absolute atomic E-state index is 5.52. The van der Waals surface area contributed by atoms with Crippen LogP contribution in [0.3, 0.4) is 0 Å². The van der Waals surface area contributed by atoms with Crippen LogP contribution in [-0.4, -0.2) is 63.8 Å². The summed E-state index contributed by atoms with van der Waals surface area (Å²) in [6, 6.07) is 8.98. The number of aromatic nitrogens is 4. The van der Waals surface area contributed by atoms with Gasteiger partial charge in [0.2, 0.25) is 0 Å². The minimum absolute atomic E-state index is 0.513. The SMILES string of the molecule is Cc1cc2nn(C)cc2cc1-c1ccc(N[C@@H]2CC3CN(CC4CCOCC4)C[C@H]3C2)nn1. The Hall–Kier alpha value is -2.51. The third kappa shape index (κ3) is 4.36. The molecule has 2 aromatic heterocycles. The van der Waals surface area contributed by atoms with Gasteiger partial charge in [0, 0.05) is 63.1 Å². The number of benzene rings is 1. The van der Waals surface area contributed by atoms with Crippen LogP contribution in [0.4, 0.5) is 5.82 Å². The van der Waals surface area contributed by atoms with Crippen molar-refractivity contribution in [3.63, 3.8) is 0 Å². The number of likely N-dealkylation sites (tertiary alicyclic amines) is 1. The molecule has 0 amide bonds. The number of rotatable bonds is 5. The predicted octanol–water partition coefficient (Wildman–Crippen LogP) is 3.89. The third-order valence-electron chi connectivity index (χ3n) is 7.94. The lowest BCUT2D eigenvalue weighted by atomic mass is 10.00. The fourth-order valence-corrected chi connectivity index (χ4v) is 6.30. The average Bonchev–Trinajstić information content (AvgIpc) is 3.46. The van der Waals surface area contributed by atoms with E-state index in [1.165, 1.54) is 50.9 Å². The first-order valence-corrected chi connectivity index (χ1v) is 12.5. The van der Waals surface area contributed by atoms with Gasteiger partial charge in [-0.15, -0.1) is 10.2 Å². The van der Waals surface area contributed by atoms with Gasteiger partial charge >= 0.3 is 0 Å². The fourth-order valence-electron chi connectivity index (χ4n) is 6.30. The summed E-state index contributed by atoms with van der Waals surface area (Å²) in [7, 11) is 1.95.